The summed E-state index contributed by atoms with van der Waals surface area (Å²) in [7, 11) is 2.13. The lowest BCUT2D eigenvalue weighted by molar-refractivity contribution is -0.145. The van der Waals surface area contributed by atoms with E-state index in [1.165, 1.54) is 0 Å². The second-order valence-electron chi connectivity index (χ2n) is 5.87. The van der Waals surface area contributed by atoms with E-state index in [0.29, 0.717) is 5.92 Å². The number of nitrogens with zero attached hydrogens (tertiary/aromatic N) is 2. The summed E-state index contributed by atoms with van der Waals surface area (Å²) in [6, 6.07) is -0.294. The number of amides is 2. The minimum atomic E-state index is -0.294. The van der Waals surface area contributed by atoms with Gasteiger partial charge in [-0.2, -0.15) is 0 Å². The predicted octanol–water partition coefficient (Wildman–Crippen LogP) is 0.455. The van der Waals surface area contributed by atoms with Crippen LogP contribution in [0.4, 0.5) is 0 Å². The van der Waals surface area contributed by atoms with Crippen molar-refractivity contribution in [2.45, 2.75) is 38.6 Å². The summed E-state index contributed by atoms with van der Waals surface area (Å²) in [6.45, 7) is 5.22. The maximum atomic E-state index is 12.3. The third-order valence-corrected chi connectivity index (χ3v) is 4.17. The molecule has 0 aromatic heterocycles. The van der Waals surface area contributed by atoms with Gasteiger partial charge >= 0.3 is 0 Å². The largest absolute Gasteiger partial charge is 0.343 e. The highest BCUT2D eigenvalue weighted by molar-refractivity contribution is 5.94. The molecule has 19 heavy (non-hydrogen) atoms. The number of hydrogen-bond acceptors (Lipinski definition) is 3. The average molecular weight is 267 g/mol. The van der Waals surface area contributed by atoms with Crippen molar-refractivity contribution in [3.63, 3.8) is 0 Å². The van der Waals surface area contributed by atoms with Crippen LogP contribution in [0.25, 0.3) is 0 Å². The van der Waals surface area contributed by atoms with E-state index in [4.69, 9.17) is 0 Å². The molecule has 2 heterocycles. The van der Waals surface area contributed by atoms with Crippen molar-refractivity contribution in [1.82, 2.24) is 15.1 Å². The first-order chi connectivity index (χ1) is 9.10. The van der Waals surface area contributed by atoms with Gasteiger partial charge in [-0.1, -0.05) is 13.3 Å². The van der Waals surface area contributed by atoms with E-state index < -0.39 is 0 Å². The number of nitrogens with one attached hydrogen (secondary N) is 1. The molecule has 1 unspecified atom stereocenters. The first kappa shape index (κ1) is 14.3. The molecule has 0 bridgehead atoms. The van der Waals surface area contributed by atoms with Gasteiger partial charge in [0.1, 0.15) is 6.04 Å². The van der Waals surface area contributed by atoms with E-state index in [1.54, 1.807) is 4.90 Å². The molecule has 1 atom stereocenters. The topological polar surface area (TPSA) is 52.7 Å². The van der Waals surface area contributed by atoms with E-state index in [2.05, 4.69) is 17.3 Å². The number of carbonyl (C=O) groups excluding carboxylic acids is 2. The Labute approximate surface area is 115 Å². The molecule has 0 spiro atoms. The third-order valence-electron chi connectivity index (χ3n) is 4.17. The molecule has 108 valence electrons. The lowest BCUT2D eigenvalue weighted by Crippen LogP contribution is -2.59. The quantitative estimate of drug-likeness (QED) is 0.805. The van der Waals surface area contributed by atoms with Crippen molar-refractivity contribution in [3.8, 4) is 0 Å². The van der Waals surface area contributed by atoms with Crippen LogP contribution in [0.15, 0.2) is 0 Å². The van der Waals surface area contributed by atoms with E-state index >= 15 is 0 Å². The average Bonchev–Trinajstić information content (AvgIpc) is 2.38. The summed E-state index contributed by atoms with van der Waals surface area (Å²) in [5.74, 6) is 0.652. The van der Waals surface area contributed by atoms with Gasteiger partial charge in [0, 0.05) is 6.54 Å². The Morgan fingerprint density at radius 3 is 2.58 bits per heavy atom. The summed E-state index contributed by atoms with van der Waals surface area (Å²) >= 11 is 0. The van der Waals surface area contributed by atoms with Gasteiger partial charge < -0.3 is 15.1 Å². The van der Waals surface area contributed by atoms with Crippen LogP contribution >= 0.6 is 0 Å². The first-order valence-corrected chi connectivity index (χ1v) is 7.36. The van der Waals surface area contributed by atoms with Crippen LogP contribution in [-0.2, 0) is 9.59 Å². The molecule has 0 saturated carbocycles. The Morgan fingerprint density at radius 2 is 1.95 bits per heavy atom. The lowest BCUT2D eigenvalue weighted by Gasteiger charge is -2.37. The molecule has 0 radical (unpaired) electrons. The van der Waals surface area contributed by atoms with Gasteiger partial charge in [-0.25, -0.2) is 0 Å². The van der Waals surface area contributed by atoms with E-state index in [9.17, 15) is 9.59 Å². The molecule has 2 amide bonds. The number of rotatable bonds is 4. The summed E-state index contributed by atoms with van der Waals surface area (Å²) in [5.41, 5.74) is 0. The SMILES string of the molecule is CCCC1NC(=O)CN(CC2CCN(C)CC2)C1=O. The standard InChI is InChI=1S/C14H25N3O2/c1-3-4-12-14(19)17(10-13(18)15-12)9-11-5-7-16(2)8-6-11/h11-12H,3-10H2,1-2H3,(H,15,18). The fourth-order valence-corrected chi connectivity index (χ4v) is 2.97. The molecule has 0 aromatic carbocycles. The fraction of sp³-hybridized carbons (Fsp3) is 0.857. The van der Waals surface area contributed by atoms with Crippen LogP contribution in [0.3, 0.4) is 0 Å². The van der Waals surface area contributed by atoms with Crippen LogP contribution < -0.4 is 5.32 Å². The van der Waals surface area contributed by atoms with Crippen molar-refractivity contribution in [2.24, 2.45) is 5.92 Å². The van der Waals surface area contributed by atoms with Gasteiger partial charge in [0.2, 0.25) is 11.8 Å². The van der Waals surface area contributed by atoms with Crippen LogP contribution in [0.2, 0.25) is 0 Å². The van der Waals surface area contributed by atoms with Crippen molar-refractivity contribution >= 4 is 11.8 Å². The maximum Gasteiger partial charge on any atom is 0.245 e. The molecule has 5 heteroatoms. The van der Waals surface area contributed by atoms with Gasteiger partial charge in [-0.15, -0.1) is 0 Å². The zero-order valence-electron chi connectivity index (χ0n) is 12.0. The van der Waals surface area contributed by atoms with Crippen LogP contribution in [0, 0.1) is 5.92 Å². The predicted molar refractivity (Wildman–Crippen MR) is 73.6 cm³/mol. The Bertz CT molecular complexity index is 338. The highest BCUT2D eigenvalue weighted by Gasteiger charge is 2.33. The smallest absolute Gasteiger partial charge is 0.245 e. The molecule has 2 rings (SSSR count). The zero-order chi connectivity index (χ0) is 13.8. The molecular formula is C14H25N3O2. The summed E-state index contributed by atoms with van der Waals surface area (Å²) in [4.78, 5) is 28.1. The van der Waals surface area contributed by atoms with Crippen molar-refractivity contribution < 1.29 is 9.59 Å². The van der Waals surface area contributed by atoms with Crippen LogP contribution in [0.1, 0.15) is 32.6 Å². The monoisotopic (exact) mass is 267 g/mol. The maximum absolute atomic E-state index is 12.3. The highest BCUT2D eigenvalue weighted by atomic mass is 16.2. The molecule has 1 N–H and O–H groups in total. The molecule has 5 nitrogen and oxygen atoms in total. The van der Waals surface area contributed by atoms with Crippen LogP contribution in [-0.4, -0.2) is 60.9 Å². The third kappa shape index (κ3) is 3.69. The first-order valence-electron chi connectivity index (χ1n) is 7.36. The lowest BCUT2D eigenvalue weighted by atomic mass is 9.95. The number of likely N-dealkylation sites (tertiary alicyclic amines) is 1. The molecule has 2 fully saturated rings. The van der Waals surface area contributed by atoms with E-state index in [-0.39, 0.29) is 24.4 Å². The second-order valence-corrected chi connectivity index (χ2v) is 5.87. The molecule has 2 aliphatic heterocycles. The van der Waals surface area contributed by atoms with E-state index in [0.717, 1.165) is 45.3 Å². The van der Waals surface area contributed by atoms with Crippen LogP contribution in [0.5, 0.6) is 0 Å². The van der Waals surface area contributed by atoms with Crippen molar-refractivity contribution in [3.05, 3.63) is 0 Å². The van der Waals surface area contributed by atoms with E-state index in [1.807, 2.05) is 6.92 Å². The zero-order valence-corrected chi connectivity index (χ0v) is 12.0. The second kappa shape index (κ2) is 6.37. The minimum absolute atomic E-state index is 0.00835. The van der Waals surface area contributed by atoms with Gasteiger partial charge in [0.25, 0.3) is 0 Å². The molecule has 0 aromatic rings. The van der Waals surface area contributed by atoms with Crippen molar-refractivity contribution in [1.29, 1.82) is 0 Å². The number of hydrogen-bond donors (Lipinski definition) is 1. The van der Waals surface area contributed by atoms with Gasteiger partial charge in [-0.3, -0.25) is 9.59 Å². The Morgan fingerprint density at radius 1 is 1.26 bits per heavy atom. The molecule has 2 aliphatic rings. The fourth-order valence-electron chi connectivity index (χ4n) is 2.97. The summed E-state index contributed by atoms with van der Waals surface area (Å²) < 4.78 is 0. The number of piperazine rings is 1. The van der Waals surface area contributed by atoms with Gasteiger partial charge in [-0.05, 0) is 45.3 Å². The molecule has 2 saturated heterocycles. The van der Waals surface area contributed by atoms with Gasteiger partial charge in [0.05, 0.1) is 6.54 Å². The summed E-state index contributed by atoms with van der Waals surface area (Å²) in [5, 5.41) is 2.80. The minimum Gasteiger partial charge on any atom is -0.343 e. The Balaban J connectivity index is 1.90. The number of piperidine rings is 1. The highest BCUT2D eigenvalue weighted by Crippen LogP contribution is 2.19. The molecular weight excluding hydrogens is 242 g/mol. The molecule has 0 aliphatic carbocycles. The number of carbonyl (C=O) groups is 2. The van der Waals surface area contributed by atoms with Crippen molar-refractivity contribution in [2.75, 3.05) is 33.2 Å². The normalized spacial score (nSPS) is 26.6. The summed E-state index contributed by atoms with van der Waals surface area (Å²) in [6.07, 6.45) is 3.91. The Kier molecular flexibility index (Phi) is 4.80. The van der Waals surface area contributed by atoms with Gasteiger partial charge in [0.15, 0.2) is 0 Å². The Hall–Kier alpha value is -1.10.